The molecule has 0 atom stereocenters. The van der Waals surface area contributed by atoms with Crippen LogP contribution < -0.4 is 5.73 Å². The van der Waals surface area contributed by atoms with Gasteiger partial charge in [0, 0.05) is 25.4 Å². The highest BCUT2D eigenvalue weighted by molar-refractivity contribution is 6.01. The summed E-state index contributed by atoms with van der Waals surface area (Å²) in [6, 6.07) is 9.87. The van der Waals surface area contributed by atoms with Crippen molar-refractivity contribution in [2.24, 2.45) is 12.8 Å². The zero-order valence-corrected chi connectivity index (χ0v) is 18.3. The number of hydrogen-bond acceptors (Lipinski definition) is 4. The van der Waals surface area contributed by atoms with Crippen LogP contribution in [0.1, 0.15) is 21.6 Å². The van der Waals surface area contributed by atoms with E-state index < -0.39 is 11.7 Å². The Kier molecular flexibility index (Phi) is 5.09. The molecule has 1 aliphatic heterocycles. The van der Waals surface area contributed by atoms with Crippen molar-refractivity contribution in [2.75, 3.05) is 6.54 Å². The summed E-state index contributed by atoms with van der Waals surface area (Å²) in [5, 5.41) is 9.17. The monoisotopic (exact) mass is 457 g/mol. The second kappa shape index (κ2) is 8.12. The number of nitrogens with zero attached hydrogens (tertiary/aromatic N) is 6. The third-order valence-electron chi connectivity index (χ3n) is 5.96. The van der Waals surface area contributed by atoms with E-state index in [2.05, 4.69) is 15.0 Å². The van der Waals surface area contributed by atoms with Crippen LogP contribution in [0.4, 0.5) is 10.1 Å². The molecule has 3 heterocycles. The predicted molar refractivity (Wildman–Crippen MR) is 122 cm³/mol. The SMILES string of the molecule is [C-]#[N+]c1ccc(CC(=O)N2CCn3nc(-c4cc(F)c5cn(C)nc5c4)c(C(N)=O)c3C2)cc1. The Morgan fingerprint density at radius 2 is 1.94 bits per heavy atom. The number of rotatable bonds is 4. The number of carbonyl (C=O) groups excluding carboxylic acids is 2. The Morgan fingerprint density at radius 1 is 1.18 bits per heavy atom. The van der Waals surface area contributed by atoms with Crippen LogP contribution >= 0.6 is 0 Å². The van der Waals surface area contributed by atoms with E-state index in [9.17, 15) is 14.0 Å². The Labute approximate surface area is 194 Å². The van der Waals surface area contributed by atoms with Gasteiger partial charge >= 0.3 is 0 Å². The maximum absolute atomic E-state index is 14.7. The zero-order valence-electron chi connectivity index (χ0n) is 18.3. The van der Waals surface area contributed by atoms with Gasteiger partial charge in [-0.15, -0.1) is 0 Å². The van der Waals surface area contributed by atoms with E-state index in [1.54, 1.807) is 53.2 Å². The molecule has 2 N–H and O–H groups in total. The maximum Gasteiger partial charge on any atom is 0.252 e. The fourth-order valence-corrected chi connectivity index (χ4v) is 4.30. The van der Waals surface area contributed by atoms with Crippen LogP contribution in [0.3, 0.4) is 0 Å². The van der Waals surface area contributed by atoms with E-state index in [1.165, 1.54) is 10.7 Å². The number of halogens is 1. The quantitative estimate of drug-likeness (QED) is 0.476. The molecule has 0 unspecified atom stereocenters. The first kappa shape index (κ1) is 21.3. The van der Waals surface area contributed by atoms with E-state index in [0.717, 1.165) is 5.56 Å². The molecular formula is C24H20FN7O2. The maximum atomic E-state index is 14.7. The lowest BCUT2D eigenvalue weighted by Crippen LogP contribution is -2.40. The average Bonchev–Trinajstić information content (AvgIpc) is 3.39. The molecule has 0 aliphatic carbocycles. The summed E-state index contributed by atoms with van der Waals surface area (Å²) in [4.78, 5) is 30.4. The fraction of sp³-hybridized carbons (Fsp3) is 0.208. The molecular weight excluding hydrogens is 437 g/mol. The molecule has 34 heavy (non-hydrogen) atoms. The molecule has 10 heteroatoms. The standard InChI is InChI=1S/C24H20FN7O2/c1-27-16-5-3-14(4-6-16)9-21(33)31-7-8-32-20(13-31)22(24(26)34)23(29-32)15-10-18(25)17-12-30(2)28-19(17)11-15/h3-6,10-12H,7-9,13H2,2H3,(H2,26,34). The van der Waals surface area contributed by atoms with Crippen molar-refractivity contribution in [3.63, 3.8) is 0 Å². The lowest BCUT2D eigenvalue weighted by Gasteiger charge is -2.28. The van der Waals surface area contributed by atoms with Crippen LogP contribution in [0.25, 0.3) is 27.0 Å². The van der Waals surface area contributed by atoms with Crippen molar-refractivity contribution < 1.29 is 14.0 Å². The number of nitrogens with two attached hydrogens (primary N) is 1. The van der Waals surface area contributed by atoms with E-state index in [4.69, 9.17) is 12.3 Å². The molecule has 0 saturated carbocycles. The van der Waals surface area contributed by atoms with Gasteiger partial charge in [-0.2, -0.15) is 10.2 Å². The Morgan fingerprint density at radius 3 is 2.65 bits per heavy atom. The highest BCUT2D eigenvalue weighted by atomic mass is 19.1. The van der Waals surface area contributed by atoms with E-state index in [-0.39, 0.29) is 30.1 Å². The van der Waals surface area contributed by atoms with Gasteiger partial charge in [-0.25, -0.2) is 9.24 Å². The van der Waals surface area contributed by atoms with Gasteiger partial charge in [0.1, 0.15) is 11.5 Å². The minimum Gasteiger partial charge on any atom is -0.365 e. The first-order valence-corrected chi connectivity index (χ1v) is 10.6. The molecule has 0 bridgehead atoms. The summed E-state index contributed by atoms with van der Waals surface area (Å²) in [6.45, 7) is 8.00. The van der Waals surface area contributed by atoms with Gasteiger partial charge in [-0.05, 0) is 17.7 Å². The topological polar surface area (TPSA) is 103 Å². The van der Waals surface area contributed by atoms with Crippen LogP contribution in [0.15, 0.2) is 42.6 Å². The first-order chi connectivity index (χ1) is 16.3. The van der Waals surface area contributed by atoms with Gasteiger partial charge in [-0.1, -0.05) is 24.3 Å². The summed E-state index contributed by atoms with van der Waals surface area (Å²) < 4.78 is 17.9. The van der Waals surface area contributed by atoms with Gasteiger partial charge in [0.15, 0.2) is 5.69 Å². The lowest BCUT2D eigenvalue weighted by atomic mass is 10.0. The number of benzene rings is 2. The first-order valence-electron chi connectivity index (χ1n) is 10.6. The second-order valence-electron chi connectivity index (χ2n) is 8.22. The predicted octanol–water partition coefficient (Wildman–Crippen LogP) is 2.81. The number of carbonyl (C=O) groups is 2. The molecule has 0 fully saturated rings. The molecule has 5 rings (SSSR count). The van der Waals surface area contributed by atoms with Crippen molar-refractivity contribution >= 4 is 28.4 Å². The number of hydrogen-bond donors (Lipinski definition) is 1. The molecule has 1 aliphatic rings. The van der Waals surface area contributed by atoms with E-state index in [1.807, 2.05) is 0 Å². The van der Waals surface area contributed by atoms with Crippen LogP contribution in [0.2, 0.25) is 0 Å². The van der Waals surface area contributed by atoms with E-state index >= 15 is 0 Å². The van der Waals surface area contributed by atoms with Crippen molar-refractivity contribution in [2.45, 2.75) is 19.5 Å². The molecule has 0 spiro atoms. The number of aryl methyl sites for hydroxylation is 1. The minimum absolute atomic E-state index is 0.110. The van der Waals surface area contributed by atoms with Crippen LogP contribution in [-0.2, 0) is 31.4 Å². The van der Waals surface area contributed by atoms with Crippen molar-refractivity contribution in [3.05, 3.63) is 76.7 Å². The Hall–Kier alpha value is -4.52. The van der Waals surface area contributed by atoms with Gasteiger partial charge < -0.3 is 10.6 Å². The normalized spacial score (nSPS) is 13.0. The summed E-state index contributed by atoms with van der Waals surface area (Å²) in [5.41, 5.74) is 8.84. The van der Waals surface area contributed by atoms with Crippen LogP contribution in [-0.4, -0.2) is 42.8 Å². The van der Waals surface area contributed by atoms with Crippen LogP contribution in [0.5, 0.6) is 0 Å². The van der Waals surface area contributed by atoms with Gasteiger partial charge in [-0.3, -0.25) is 19.0 Å². The van der Waals surface area contributed by atoms with Crippen molar-refractivity contribution in [1.82, 2.24) is 24.5 Å². The summed E-state index contributed by atoms with van der Waals surface area (Å²) >= 11 is 0. The molecule has 2 aromatic carbocycles. The van der Waals surface area contributed by atoms with E-state index in [0.29, 0.717) is 40.9 Å². The molecule has 170 valence electrons. The summed E-state index contributed by atoms with van der Waals surface area (Å²) in [5.74, 6) is -1.27. The Bertz CT molecular complexity index is 1490. The average molecular weight is 457 g/mol. The lowest BCUT2D eigenvalue weighted by molar-refractivity contribution is -0.132. The molecule has 0 saturated heterocycles. The largest absolute Gasteiger partial charge is 0.365 e. The number of primary amides is 1. The number of amides is 2. The summed E-state index contributed by atoms with van der Waals surface area (Å²) in [6.07, 6.45) is 1.76. The fourth-order valence-electron chi connectivity index (χ4n) is 4.30. The zero-order chi connectivity index (χ0) is 24.0. The molecule has 2 amide bonds. The number of aromatic nitrogens is 4. The summed E-state index contributed by atoms with van der Waals surface area (Å²) in [7, 11) is 1.70. The third-order valence-corrected chi connectivity index (χ3v) is 5.96. The van der Waals surface area contributed by atoms with Gasteiger partial charge in [0.05, 0.1) is 48.2 Å². The molecule has 9 nitrogen and oxygen atoms in total. The van der Waals surface area contributed by atoms with Crippen molar-refractivity contribution in [1.29, 1.82) is 0 Å². The minimum atomic E-state index is -0.693. The smallest absolute Gasteiger partial charge is 0.252 e. The van der Waals surface area contributed by atoms with Crippen LogP contribution in [0, 0.1) is 12.4 Å². The Balaban J connectivity index is 1.47. The highest BCUT2D eigenvalue weighted by Gasteiger charge is 2.30. The molecule has 0 radical (unpaired) electrons. The van der Waals surface area contributed by atoms with Crippen molar-refractivity contribution in [3.8, 4) is 11.3 Å². The third kappa shape index (κ3) is 3.67. The second-order valence-corrected chi connectivity index (χ2v) is 8.22. The molecule has 4 aromatic rings. The highest BCUT2D eigenvalue weighted by Crippen LogP contribution is 2.31. The number of fused-ring (bicyclic) bond motifs is 2. The van der Waals surface area contributed by atoms with Gasteiger partial charge in [0.2, 0.25) is 5.91 Å². The molecule has 2 aromatic heterocycles. The van der Waals surface area contributed by atoms with Gasteiger partial charge in [0.25, 0.3) is 5.91 Å².